The van der Waals surface area contributed by atoms with Crippen LogP contribution in [0, 0.1) is 0 Å². The van der Waals surface area contributed by atoms with Crippen molar-refractivity contribution in [3.05, 3.63) is 75.5 Å². The molecule has 1 aromatic heterocycles. The van der Waals surface area contributed by atoms with E-state index in [-0.39, 0.29) is 12.5 Å². The van der Waals surface area contributed by atoms with Crippen LogP contribution in [0.5, 0.6) is 5.88 Å². The topological polar surface area (TPSA) is 115 Å². The summed E-state index contributed by atoms with van der Waals surface area (Å²) in [6.45, 7) is 4.55. The van der Waals surface area contributed by atoms with Crippen molar-refractivity contribution in [2.24, 2.45) is 0 Å². The number of hydrogen-bond acceptors (Lipinski definition) is 8. The third-order valence-electron chi connectivity index (χ3n) is 6.46. The lowest BCUT2D eigenvalue weighted by Gasteiger charge is -2.33. The van der Waals surface area contributed by atoms with Gasteiger partial charge in [-0.3, -0.25) is 0 Å². The van der Waals surface area contributed by atoms with E-state index in [0.29, 0.717) is 62.2 Å². The maximum absolute atomic E-state index is 10.3. The van der Waals surface area contributed by atoms with E-state index < -0.39 is 6.09 Å². The van der Waals surface area contributed by atoms with Crippen molar-refractivity contribution >= 4 is 29.3 Å². The highest BCUT2D eigenvalue weighted by molar-refractivity contribution is 6.35. The van der Waals surface area contributed by atoms with E-state index in [1.807, 2.05) is 24.3 Å². The zero-order valence-electron chi connectivity index (χ0n) is 22.9. The van der Waals surface area contributed by atoms with Crippen LogP contribution in [0.2, 0.25) is 10.0 Å². The van der Waals surface area contributed by atoms with Gasteiger partial charge in [-0.25, -0.2) is 14.8 Å². The molecule has 4 rings (SSSR count). The number of likely N-dealkylation sites (N-methyl/N-ethyl adjacent to an activating group) is 1. The molecule has 2 N–H and O–H groups in total. The van der Waals surface area contributed by atoms with Crippen LogP contribution in [-0.2, 0) is 20.8 Å². The Kier molecular flexibility index (Phi) is 12.0. The monoisotopic (exact) mass is 604 g/mol. The van der Waals surface area contributed by atoms with Gasteiger partial charge in [0.2, 0.25) is 5.88 Å². The number of carbonyl (C=O) groups is 1. The minimum atomic E-state index is -1.07. The van der Waals surface area contributed by atoms with Crippen LogP contribution < -0.4 is 10.1 Å². The maximum atomic E-state index is 10.3. The molecule has 0 bridgehead atoms. The standard InChI is InChI=1S/C29H34Cl2N4O6/c1-35-17-24(23-14-22(30)15-26(31)25(23)18-35)20-3-2-4-21(13-20)27-16-28(34-19-33-27)41-12-11-40-10-9-39-8-7-38-6-5-32-29(36)37/h2-4,13-16,19,24,32H,5-12,17-18H2,1H3,(H,36,37)/t24-/m0/s1. The molecule has 220 valence electrons. The molecule has 10 nitrogen and oxygen atoms in total. The first-order valence-electron chi connectivity index (χ1n) is 13.3. The Morgan fingerprint density at radius 2 is 1.73 bits per heavy atom. The molecule has 2 heterocycles. The maximum Gasteiger partial charge on any atom is 0.404 e. The largest absolute Gasteiger partial charge is 0.475 e. The van der Waals surface area contributed by atoms with E-state index in [2.05, 4.69) is 39.4 Å². The van der Waals surface area contributed by atoms with Gasteiger partial charge in [0.25, 0.3) is 0 Å². The molecule has 41 heavy (non-hydrogen) atoms. The first kappa shape index (κ1) is 31.0. The number of aromatic nitrogens is 2. The Hall–Kier alpha value is -2.99. The Morgan fingerprint density at radius 3 is 2.49 bits per heavy atom. The number of nitrogens with zero attached hydrogens (tertiary/aromatic N) is 3. The first-order valence-corrected chi connectivity index (χ1v) is 14.1. The third-order valence-corrected chi connectivity index (χ3v) is 7.02. The Labute approximate surface area is 249 Å². The highest BCUT2D eigenvalue weighted by atomic mass is 35.5. The van der Waals surface area contributed by atoms with Crippen LogP contribution in [0.3, 0.4) is 0 Å². The van der Waals surface area contributed by atoms with E-state index in [4.69, 9.17) is 47.3 Å². The summed E-state index contributed by atoms with van der Waals surface area (Å²) in [5.74, 6) is 0.600. The van der Waals surface area contributed by atoms with Crippen LogP contribution in [0.1, 0.15) is 22.6 Å². The average Bonchev–Trinajstić information content (AvgIpc) is 2.95. The SMILES string of the molecule is CN1Cc2c(Cl)cc(Cl)cc2[C@H](c2cccc(-c3cc(OCCOCCOCCOCCNC(=O)O)ncn3)c2)C1. The van der Waals surface area contributed by atoms with E-state index >= 15 is 0 Å². The van der Waals surface area contributed by atoms with E-state index in [1.165, 1.54) is 6.33 Å². The van der Waals surface area contributed by atoms with Gasteiger partial charge in [0.05, 0.1) is 45.3 Å². The summed E-state index contributed by atoms with van der Waals surface area (Å²) in [4.78, 5) is 21.3. The predicted octanol–water partition coefficient (Wildman–Crippen LogP) is 4.72. The zero-order valence-corrected chi connectivity index (χ0v) is 24.4. The second-order valence-electron chi connectivity index (χ2n) is 9.49. The lowest BCUT2D eigenvalue weighted by Crippen LogP contribution is -2.31. The van der Waals surface area contributed by atoms with Gasteiger partial charge < -0.3 is 34.3 Å². The lowest BCUT2D eigenvalue weighted by atomic mass is 9.84. The molecule has 0 spiro atoms. The summed E-state index contributed by atoms with van der Waals surface area (Å²) in [5.41, 5.74) is 5.16. The summed E-state index contributed by atoms with van der Waals surface area (Å²) >= 11 is 12.9. The summed E-state index contributed by atoms with van der Waals surface area (Å²) < 4.78 is 22.0. The summed E-state index contributed by atoms with van der Waals surface area (Å²) in [6.07, 6.45) is 0.429. The van der Waals surface area contributed by atoms with Crippen molar-refractivity contribution in [3.63, 3.8) is 0 Å². The highest BCUT2D eigenvalue weighted by Gasteiger charge is 2.27. The van der Waals surface area contributed by atoms with E-state index in [0.717, 1.165) is 41.0 Å². The Morgan fingerprint density at radius 1 is 1.00 bits per heavy atom. The summed E-state index contributed by atoms with van der Waals surface area (Å²) in [7, 11) is 2.10. The van der Waals surface area contributed by atoms with Gasteiger partial charge in [0, 0.05) is 47.2 Å². The number of benzene rings is 2. The minimum absolute atomic E-state index is 0.132. The molecule has 0 radical (unpaired) electrons. The van der Waals surface area contributed by atoms with Crippen molar-refractivity contribution < 1.29 is 28.8 Å². The fourth-order valence-electron chi connectivity index (χ4n) is 4.60. The van der Waals surface area contributed by atoms with Gasteiger partial charge in [0.1, 0.15) is 12.9 Å². The molecule has 0 fully saturated rings. The molecule has 2 aromatic carbocycles. The van der Waals surface area contributed by atoms with Gasteiger partial charge in [-0.1, -0.05) is 41.4 Å². The second kappa shape index (κ2) is 15.9. The summed E-state index contributed by atoms with van der Waals surface area (Å²) in [6, 6.07) is 14.0. The van der Waals surface area contributed by atoms with Gasteiger partial charge >= 0.3 is 6.09 Å². The third kappa shape index (κ3) is 9.53. The molecule has 0 saturated carbocycles. The number of nitrogens with one attached hydrogen (secondary N) is 1. The molecule has 1 aliphatic rings. The molecule has 1 atom stereocenters. The van der Waals surface area contributed by atoms with Crippen molar-refractivity contribution in [2.45, 2.75) is 12.5 Å². The quantitative estimate of drug-likeness (QED) is 0.238. The summed E-state index contributed by atoms with van der Waals surface area (Å²) in [5, 5.41) is 12.0. The average molecular weight is 606 g/mol. The van der Waals surface area contributed by atoms with Gasteiger partial charge in [-0.05, 0) is 41.9 Å². The van der Waals surface area contributed by atoms with E-state index in [9.17, 15) is 4.79 Å². The molecule has 0 aliphatic carbocycles. The molecule has 0 unspecified atom stereocenters. The Balaban J connectivity index is 1.23. The molecule has 12 heteroatoms. The smallest absolute Gasteiger partial charge is 0.404 e. The molecule has 0 saturated heterocycles. The van der Waals surface area contributed by atoms with Crippen molar-refractivity contribution in [1.82, 2.24) is 20.2 Å². The minimum Gasteiger partial charge on any atom is -0.475 e. The number of rotatable bonds is 15. The van der Waals surface area contributed by atoms with Crippen molar-refractivity contribution in [3.8, 4) is 17.1 Å². The second-order valence-corrected chi connectivity index (χ2v) is 10.3. The number of fused-ring (bicyclic) bond motifs is 1. The number of hydrogen-bond donors (Lipinski definition) is 2. The fraction of sp³-hybridized carbons (Fsp3) is 0.414. The fourth-order valence-corrected chi connectivity index (χ4v) is 5.17. The molecule has 3 aromatic rings. The van der Waals surface area contributed by atoms with Crippen LogP contribution in [-0.4, -0.2) is 92.5 Å². The first-order chi connectivity index (χ1) is 19.9. The number of halogens is 2. The van der Waals surface area contributed by atoms with Crippen molar-refractivity contribution in [1.29, 1.82) is 0 Å². The van der Waals surface area contributed by atoms with Crippen LogP contribution in [0.15, 0.2) is 48.8 Å². The highest BCUT2D eigenvalue weighted by Crippen LogP contribution is 2.39. The van der Waals surface area contributed by atoms with Crippen molar-refractivity contribution in [2.75, 3.05) is 66.4 Å². The Bertz CT molecular complexity index is 1300. The van der Waals surface area contributed by atoms with Crippen LogP contribution in [0.25, 0.3) is 11.3 Å². The number of ether oxygens (including phenoxy) is 4. The predicted molar refractivity (Wildman–Crippen MR) is 156 cm³/mol. The number of amides is 1. The normalized spacial score (nSPS) is 15.0. The van der Waals surface area contributed by atoms with Crippen LogP contribution >= 0.6 is 23.2 Å². The molecule has 1 aliphatic heterocycles. The van der Waals surface area contributed by atoms with Gasteiger partial charge in [-0.2, -0.15) is 0 Å². The van der Waals surface area contributed by atoms with Gasteiger partial charge in [0.15, 0.2) is 0 Å². The number of carboxylic acid groups (broad SMARTS) is 1. The molecular formula is C29H34Cl2N4O6. The molecular weight excluding hydrogens is 571 g/mol. The van der Waals surface area contributed by atoms with Gasteiger partial charge in [-0.15, -0.1) is 0 Å². The zero-order chi connectivity index (χ0) is 29.0. The van der Waals surface area contributed by atoms with Crippen LogP contribution in [0.4, 0.5) is 4.79 Å². The molecule has 1 amide bonds. The lowest BCUT2D eigenvalue weighted by molar-refractivity contribution is 0.00968. The van der Waals surface area contributed by atoms with E-state index in [1.54, 1.807) is 6.07 Å².